The van der Waals surface area contributed by atoms with E-state index in [1.165, 1.54) is 18.3 Å². The molecule has 0 spiro atoms. The SMILES string of the molecule is CCNCc1cnc(Oc2cc(F)ccc2Br)cn1. The van der Waals surface area contributed by atoms with E-state index in [-0.39, 0.29) is 5.82 Å². The van der Waals surface area contributed by atoms with Crippen molar-refractivity contribution in [3.05, 3.63) is 46.6 Å². The van der Waals surface area contributed by atoms with E-state index in [4.69, 9.17) is 4.74 Å². The first-order valence-corrected chi connectivity index (χ1v) is 6.63. The fourth-order valence-electron chi connectivity index (χ4n) is 1.41. The molecule has 0 amide bonds. The van der Waals surface area contributed by atoms with Gasteiger partial charge >= 0.3 is 0 Å². The molecule has 1 heterocycles. The van der Waals surface area contributed by atoms with Crippen LogP contribution in [0.4, 0.5) is 4.39 Å². The van der Waals surface area contributed by atoms with Crippen molar-refractivity contribution in [1.82, 2.24) is 15.3 Å². The Bertz CT molecular complexity index is 548. The second kappa shape index (κ2) is 6.58. The summed E-state index contributed by atoms with van der Waals surface area (Å²) in [5.41, 5.74) is 0.826. The molecule has 2 rings (SSSR count). The summed E-state index contributed by atoms with van der Waals surface area (Å²) in [5.74, 6) is 0.329. The van der Waals surface area contributed by atoms with Crippen LogP contribution in [0.2, 0.25) is 0 Å². The van der Waals surface area contributed by atoms with E-state index in [1.54, 1.807) is 12.3 Å². The van der Waals surface area contributed by atoms with Gasteiger partial charge in [0.1, 0.15) is 11.6 Å². The summed E-state index contributed by atoms with van der Waals surface area (Å²) in [5, 5.41) is 3.15. The lowest BCUT2D eigenvalue weighted by Gasteiger charge is -2.07. The Balaban J connectivity index is 2.08. The summed E-state index contributed by atoms with van der Waals surface area (Å²) in [7, 11) is 0. The highest BCUT2D eigenvalue weighted by Gasteiger charge is 2.06. The van der Waals surface area contributed by atoms with Crippen molar-refractivity contribution < 1.29 is 9.13 Å². The molecule has 0 aliphatic heterocycles. The fraction of sp³-hybridized carbons (Fsp3) is 0.231. The van der Waals surface area contributed by atoms with Gasteiger partial charge in [0.25, 0.3) is 0 Å². The minimum atomic E-state index is -0.366. The molecule has 0 atom stereocenters. The summed E-state index contributed by atoms with van der Waals surface area (Å²) < 4.78 is 19.2. The molecular formula is C13H13BrFN3O. The van der Waals surface area contributed by atoms with E-state index in [1.807, 2.05) is 6.92 Å². The Kier molecular flexibility index (Phi) is 4.81. The largest absolute Gasteiger partial charge is 0.436 e. The summed E-state index contributed by atoms with van der Waals surface area (Å²) >= 11 is 3.29. The van der Waals surface area contributed by atoms with Gasteiger partial charge in [0.05, 0.1) is 22.6 Å². The highest BCUT2D eigenvalue weighted by molar-refractivity contribution is 9.10. The van der Waals surface area contributed by atoms with Crippen molar-refractivity contribution in [2.45, 2.75) is 13.5 Å². The Morgan fingerprint density at radius 3 is 2.84 bits per heavy atom. The number of halogens is 2. The fourth-order valence-corrected chi connectivity index (χ4v) is 1.74. The van der Waals surface area contributed by atoms with Gasteiger partial charge in [0.2, 0.25) is 5.88 Å². The quantitative estimate of drug-likeness (QED) is 0.916. The number of rotatable bonds is 5. The zero-order chi connectivity index (χ0) is 13.7. The number of nitrogens with zero attached hydrogens (tertiary/aromatic N) is 2. The third kappa shape index (κ3) is 3.97. The van der Waals surface area contributed by atoms with Crippen LogP contribution in [0.5, 0.6) is 11.6 Å². The second-order valence-corrected chi connectivity index (χ2v) is 4.66. The molecule has 0 bridgehead atoms. The third-order valence-corrected chi connectivity index (χ3v) is 3.00. The molecule has 100 valence electrons. The zero-order valence-corrected chi connectivity index (χ0v) is 11.9. The minimum absolute atomic E-state index is 0.326. The van der Waals surface area contributed by atoms with E-state index in [0.717, 1.165) is 12.2 Å². The van der Waals surface area contributed by atoms with Crippen LogP contribution in [0.15, 0.2) is 35.1 Å². The molecule has 0 fully saturated rings. The Morgan fingerprint density at radius 2 is 2.16 bits per heavy atom. The van der Waals surface area contributed by atoms with E-state index in [2.05, 4.69) is 31.2 Å². The smallest absolute Gasteiger partial charge is 0.237 e. The van der Waals surface area contributed by atoms with Gasteiger partial charge in [-0.2, -0.15) is 0 Å². The number of aromatic nitrogens is 2. The predicted octanol–water partition coefficient (Wildman–Crippen LogP) is 3.28. The first-order chi connectivity index (χ1) is 9.19. The average Bonchev–Trinajstić information content (AvgIpc) is 2.42. The Labute approximate surface area is 119 Å². The Morgan fingerprint density at radius 1 is 1.32 bits per heavy atom. The molecule has 19 heavy (non-hydrogen) atoms. The molecule has 0 aliphatic carbocycles. The van der Waals surface area contributed by atoms with Crippen molar-refractivity contribution in [1.29, 1.82) is 0 Å². The van der Waals surface area contributed by atoms with Crippen LogP contribution in [0.3, 0.4) is 0 Å². The lowest BCUT2D eigenvalue weighted by atomic mass is 10.3. The molecule has 2 aromatic rings. The molecule has 6 heteroatoms. The monoisotopic (exact) mass is 325 g/mol. The molecule has 0 saturated carbocycles. The van der Waals surface area contributed by atoms with Crippen LogP contribution < -0.4 is 10.1 Å². The molecule has 1 N–H and O–H groups in total. The van der Waals surface area contributed by atoms with Crippen molar-refractivity contribution in [3.8, 4) is 11.6 Å². The lowest BCUT2D eigenvalue weighted by Crippen LogP contribution is -2.13. The molecule has 0 saturated heterocycles. The number of nitrogens with one attached hydrogen (secondary N) is 1. The second-order valence-electron chi connectivity index (χ2n) is 3.80. The maximum Gasteiger partial charge on any atom is 0.237 e. The van der Waals surface area contributed by atoms with Crippen molar-refractivity contribution in [3.63, 3.8) is 0 Å². The number of hydrogen-bond acceptors (Lipinski definition) is 4. The van der Waals surface area contributed by atoms with Crippen LogP contribution in [-0.4, -0.2) is 16.5 Å². The topological polar surface area (TPSA) is 47.0 Å². The Hall–Kier alpha value is -1.53. The average molecular weight is 326 g/mol. The molecule has 4 nitrogen and oxygen atoms in total. The number of ether oxygens (including phenoxy) is 1. The highest BCUT2D eigenvalue weighted by Crippen LogP contribution is 2.28. The van der Waals surface area contributed by atoms with Gasteiger partial charge in [0, 0.05) is 12.6 Å². The summed E-state index contributed by atoms with van der Waals surface area (Å²) in [6.45, 7) is 3.55. The first kappa shape index (κ1) is 13.9. The van der Waals surface area contributed by atoms with Gasteiger partial charge in [-0.25, -0.2) is 9.37 Å². The standard InChI is InChI=1S/C13H13BrFN3O/c1-2-16-6-10-7-18-13(8-17-10)19-12-5-9(15)3-4-11(12)14/h3-5,7-8,16H,2,6H2,1H3. The van der Waals surface area contributed by atoms with Gasteiger partial charge in [-0.15, -0.1) is 0 Å². The molecule has 0 aliphatic rings. The van der Waals surface area contributed by atoms with E-state index >= 15 is 0 Å². The molecular weight excluding hydrogens is 313 g/mol. The van der Waals surface area contributed by atoms with Crippen LogP contribution in [-0.2, 0) is 6.54 Å². The summed E-state index contributed by atoms with van der Waals surface area (Å²) in [4.78, 5) is 8.34. The van der Waals surface area contributed by atoms with E-state index in [0.29, 0.717) is 22.6 Å². The van der Waals surface area contributed by atoms with Gasteiger partial charge in [0.15, 0.2) is 0 Å². The normalized spacial score (nSPS) is 10.5. The summed E-state index contributed by atoms with van der Waals surface area (Å²) in [6.07, 6.45) is 3.15. The van der Waals surface area contributed by atoms with Crippen molar-refractivity contribution >= 4 is 15.9 Å². The van der Waals surface area contributed by atoms with Crippen LogP contribution in [0.25, 0.3) is 0 Å². The van der Waals surface area contributed by atoms with Crippen LogP contribution in [0.1, 0.15) is 12.6 Å². The van der Waals surface area contributed by atoms with Crippen molar-refractivity contribution in [2.75, 3.05) is 6.54 Å². The van der Waals surface area contributed by atoms with E-state index in [9.17, 15) is 4.39 Å². The zero-order valence-electron chi connectivity index (χ0n) is 10.4. The van der Waals surface area contributed by atoms with Gasteiger partial charge in [-0.1, -0.05) is 6.92 Å². The van der Waals surface area contributed by atoms with E-state index < -0.39 is 0 Å². The van der Waals surface area contributed by atoms with Gasteiger partial charge in [-0.05, 0) is 34.6 Å². The maximum absolute atomic E-state index is 13.1. The molecule has 0 unspecified atom stereocenters. The molecule has 0 radical (unpaired) electrons. The van der Waals surface area contributed by atoms with Crippen LogP contribution >= 0.6 is 15.9 Å². The summed E-state index contributed by atoms with van der Waals surface area (Å²) in [6, 6.07) is 4.22. The predicted molar refractivity (Wildman–Crippen MR) is 73.6 cm³/mol. The van der Waals surface area contributed by atoms with Gasteiger partial charge < -0.3 is 10.1 Å². The van der Waals surface area contributed by atoms with Crippen molar-refractivity contribution in [2.24, 2.45) is 0 Å². The minimum Gasteiger partial charge on any atom is -0.436 e. The van der Waals surface area contributed by atoms with Gasteiger partial charge in [-0.3, -0.25) is 4.98 Å². The van der Waals surface area contributed by atoms with Crippen LogP contribution in [0, 0.1) is 5.82 Å². The first-order valence-electron chi connectivity index (χ1n) is 5.83. The molecule has 1 aromatic heterocycles. The third-order valence-electron chi connectivity index (χ3n) is 2.35. The number of benzene rings is 1. The number of hydrogen-bond donors (Lipinski definition) is 1. The highest BCUT2D eigenvalue weighted by atomic mass is 79.9. The lowest BCUT2D eigenvalue weighted by molar-refractivity contribution is 0.451. The maximum atomic E-state index is 13.1. The molecule has 1 aromatic carbocycles.